The molecule has 0 radical (unpaired) electrons. The summed E-state index contributed by atoms with van der Waals surface area (Å²) in [7, 11) is -6.09. The van der Waals surface area contributed by atoms with E-state index in [1.54, 1.807) is 0 Å². The van der Waals surface area contributed by atoms with Gasteiger partial charge in [0.25, 0.3) is 5.69 Å². The summed E-state index contributed by atoms with van der Waals surface area (Å²) in [6, 6.07) is 32.8. The van der Waals surface area contributed by atoms with Crippen molar-refractivity contribution >= 4 is 16.1 Å². The van der Waals surface area contributed by atoms with E-state index in [2.05, 4.69) is 66.1 Å². The molecular weight excluding hydrogens is 531 g/mol. The third-order valence-corrected chi connectivity index (χ3v) is 6.14. The largest absolute Gasteiger partial charge is 0.741 e. The maximum Gasteiger partial charge on any atom is 0.485 e. The van der Waals surface area contributed by atoms with Gasteiger partial charge in [-0.2, -0.15) is 17.7 Å². The monoisotopic (exact) mass is 557 g/mol. The molecule has 6 nitrogen and oxygen atoms in total. The molecule has 0 aliphatic heterocycles. The molecule has 0 amide bonds. The number of carbonyl (C=O) groups is 1. The number of nitrogens with zero attached hydrogens (tertiary/aromatic N) is 1. The van der Waals surface area contributed by atoms with E-state index in [0.717, 1.165) is 27.9 Å². The summed E-state index contributed by atoms with van der Waals surface area (Å²) >= 11 is 0. The summed E-state index contributed by atoms with van der Waals surface area (Å²) in [4.78, 5) is 13.0. The summed E-state index contributed by atoms with van der Waals surface area (Å²) in [6.07, 6.45) is 0. The first-order valence-corrected chi connectivity index (χ1v) is 13.2. The van der Waals surface area contributed by atoms with Gasteiger partial charge < -0.3 is 9.29 Å². The molecule has 0 fully saturated rings. The molecular formula is C29H26F3NO5S. The van der Waals surface area contributed by atoms with Crippen LogP contribution in [0.15, 0.2) is 97.1 Å². The minimum Gasteiger partial charge on any atom is -0.741 e. The van der Waals surface area contributed by atoms with E-state index < -0.39 is 15.6 Å². The van der Waals surface area contributed by atoms with E-state index in [1.807, 2.05) is 49.4 Å². The molecule has 0 aliphatic rings. The zero-order valence-electron chi connectivity index (χ0n) is 21.2. The SMILES string of the molecule is CCOC(=O)c1cc(-c2ccccc2)cc(-c2ccccc2)[n+]1Cc1ccc(C)cc1.O=S(=O)([O-])C(F)(F)F. The predicted octanol–water partition coefficient (Wildman–Crippen LogP) is 5.89. The van der Waals surface area contributed by atoms with Crippen LogP contribution in [-0.2, 0) is 21.4 Å². The van der Waals surface area contributed by atoms with E-state index in [1.165, 1.54) is 5.56 Å². The number of benzene rings is 3. The highest BCUT2D eigenvalue weighted by atomic mass is 32.2. The number of carbonyl (C=O) groups excluding carboxylic acids is 1. The first kappa shape index (κ1) is 29.5. The topological polar surface area (TPSA) is 87.4 Å². The quantitative estimate of drug-likeness (QED) is 0.128. The number of aromatic nitrogens is 1. The molecule has 1 aromatic heterocycles. The zero-order valence-corrected chi connectivity index (χ0v) is 22.0. The lowest BCUT2D eigenvalue weighted by molar-refractivity contribution is -0.679. The first-order chi connectivity index (χ1) is 18.4. The summed E-state index contributed by atoms with van der Waals surface area (Å²) in [5, 5.41) is 0. The van der Waals surface area contributed by atoms with Crippen molar-refractivity contribution < 1.29 is 40.2 Å². The number of rotatable bonds is 6. The Bertz CT molecular complexity index is 1510. The molecule has 0 unspecified atom stereocenters. The molecule has 39 heavy (non-hydrogen) atoms. The lowest BCUT2D eigenvalue weighted by Crippen LogP contribution is -2.44. The van der Waals surface area contributed by atoms with Crippen LogP contribution in [0.2, 0.25) is 0 Å². The summed E-state index contributed by atoms with van der Waals surface area (Å²) in [6.45, 7) is 4.82. The predicted molar refractivity (Wildman–Crippen MR) is 139 cm³/mol. The minimum atomic E-state index is -6.09. The van der Waals surface area contributed by atoms with Crippen molar-refractivity contribution in [2.45, 2.75) is 25.9 Å². The molecule has 0 N–H and O–H groups in total. The number of ether oxygens (including phenoxy) is 1. The molecule has 1 heterocycles. The van der Waals surface area contributed by atoms with Crippen LogP contribution < -0.4 is 4.57 Å². The van der Waals surface area contributed by atoms with Crippen molar-refractivity contribution in [1.29, 1.82) is 0 Å². The minimum absolute atomic E-state index is 0.315. The van der Waals surface area contributed by atoms with Crippen LogP contribution in [0, 0.1) is 6.92 Å². The van der Waals surface area contributed by atoms with Crippen molar-refractivity contribution in [3.63, 3.8) is 0 Å². The molecule has 0 atom stereocenters. The van der Waals surface area contributed by atoms with Gasteiger partial charge in [-0.05, 0) is 37.1 Å². The van der Waals surface area contributed by atoms with Crippen LogP contribution in [0.4, 0.5) is 13.2 Å². The maximum atomic E-state index is 13.0. The fraction of sp³-hybridized carbons (Fsp3) is 0.172. The van der Waals surface area contributed by atoms with Crippen LogP contribution in [0.1, 0.15) is 28.5 Å². The standard InChI is InChI=1S/C28H26NO2.CHF3O3S/c1-3-31-28(30)27-19-25(23-10-6-4-7-11-23)18-26(24-12-8-5-9-13-24)29(27)20-22-16-14-21(2)15-17-22;2-1(3,4)8(5,6)7/h4-19H,3,20H2,1-2H3;(H,5,6,7)/q+1;/p-1. The van der Waals surface area contributed by atoms with E-state index in [9.17, 15) is 18.0 Å². The van der Waals surface area contributed by atoms with Crippen molar-refractivity contribution in [2.75, 3.05) is 6.61 Å². The summed E-state index contributed by atoms with van der Waals surface area (Å²) in [5.74, 6) is -0.315. The highest BCUT2D eigenvalue weighted by molar-refractivity contribution is 7.86. The van der Waals surface area contributed by atoms with Gasteiger partial charge in [0.05, 0.1) is 6.61 Å². The van der Waals surface area contributed by atoms with Crippen molar-refractivity contribution in [3.8, 4) is 22.4 Å². The van der Waals surface area contributed by atoms with Gasteiger partial charge in [0.15, 0.2) is 16.7 Å². The number of hydrogen-bond donors (Lipinski definition) is 0. The third kappa shape index (κ3) is 7.98. The Hall–Kier alpha value is -4.02. The Kier molecular flexibility index (Phi) is 9.61. The highest BCUT2D eigenvalue weighted by Crippen LogP contribution is 2.26. The van der Waals surface area contributed by atoms with Crippen molar-refractivity contribution in [1.82, 2.24) is 0 Å². The van der Waals surface area contributed by atoms with Gasteiger partial charge in [-0.25, -0.2) is 13.2 Å². The van der Waals surface area contributed by atoms with Gasteiger partial charge in [-0.15, -0.1) is 0 Å². The molecule has 4 aromatic rings. The second-order valence-electron chi connectivity index (χ2n) is 8.44. The third-order valence-electron chi connectivity index (χ3n) is 5.57. The molecule has 3 aromatic carbocycles. The highest BCUT2D eigenvalue weighted by Gasteiger charge is 2.37. The fourth-order valence-corrected chi connectivity index (χ4v) is 3.69. The van der Waals surface area contributed by atoms with Gasteiger partial charge in [-0.1, -0.05) is 78.4 Å². The molecule has 0 saturated heterocycles. The maximum absolute atomic E-state index is 13.0. The lowest BCUT2D eigenvalue weighted by atomic mass is 10.0. The second kappa shape index (κ2) is 12.7. The molecule has 10 heteroatoms. The molecule has 0 aliphatic carbocycles. The molecule has 204 valence electrons. The van der Waals surface area contributed by atoms with Crippen molar-refractivity contribution in [2.24, 2.45) is 0 Å². The fourth-order valence-electron chi connectivity index (χ4n) is 3.69. The molecule has 0 spiro atoms. The van der Waals surface area contributed by atoms with Gasteiger partial charge in [0, 0.05) is 23.3 Å². The zero-order chi connectivity index (χ0) is 28.6. The van der Waals surface area contributed by atoms with Gasteiger partial charge in [0.1, 0.15) is 0 Å². The van der Waals surface area contributed by atoms with E-state index in [4.69, 9.17) is 17.7 Å². The van der Waals surface area contributed by atoms with Crippen LogP contribution >= 0.6 is 0 Å². The smallest absolute Gasteiger partial charge is 0.485 e. The van der Waals surface area contributed by atoms with Gasteiger partial charge in [0.2, 0.25) is 5.69 Å². The number of aryl methyl sites for hydroxylation is 1. The van der Waals surface area contributed by atoms with Crippen LogP contribution in [0.25, 0.3) is 22.4 Å². The lowest BCUT2D eigenvalue weighted by Gasteiger charge is -2.12. The van der Waals surface area contributed by atoms with Gasteiger partial charge in [-0.3, -0.25) is 0 Å². The Morgan fingerprint density at radius 2 is 1.36 bits per heavy atom. The van der Waals surface area contributed by atoms with Crippen LogP contribution in [-0.4, -0.2) is 31.1 Å². The molecule has 0 saturated carbocycles. The second-order valence-corrected chi connectivity index (χ2v) is 9.81. The van der Waals surface area contributed by atoms with E-state index in [0.29, 0.717) is 18.8 Å². The Balaban J connectivity index is 0.000000459. The number of alkyl halides is 3. The van der Waals surface area contributed by atoms with Crippen molar-refractivity contribution in [3.05, 3.63) is 114 Å². The summed E-state index contributed by atoms with van der Waals surface area (Å²) < 4.78 is 66.4. The van der Waals surface area contributed by atoms with Gasteiger partial charge >= 0.3 is 11.5 Å². The Morgan fingerprint density at radius 3 is 1.85 bits per heavy atom. The normalized spacial score (nSPS) is 11.3. The Morgan fingerprint density at radius 1 is 0.846 bits per heavy atom. The average Bonchev–Trinajstić information content (AvgIpc) is 2.90. The van der Waals surface area contributed by atoms with E-state index >= 15 is 0 Å². The Labute approximate surface area is 225 Å². The number of esters is 1. The number of pyridine rings is 1. The number of halogens is 3. The first-order valence-electron chi connectivity index (χ1n) is 11.8. The number of hydrogen-bond acceptors (Lipinski definition) is 5. The van der Waals surface area contributed by atoms with E-state index in [-0.39, 0.29) is 5.97 Å². The van der Waals surface area contributed by atoms with Crippen LogP contribution in [0.5, 0.6) is 0 Å². The average molecular weight is 558 g/mol. The van der Waals surface area contributed by atoms with Crippen LogP contribution in [0.3, 0.4) is 0 Å². The molecule has 4 rings (SSSR count). The molecule has 0 bridgehead atoms. The summed E-state index contributed by atoms with van der Waals surface area (Å²) in [5.41, 5.74) is 1.32.